The van der Waals surface area contributed by atoms with Gasteiger partial charge in [-0.3, -0.25) is 4.90 Å². The Balaban J connectivity index is 1.95. The van der Waals surface area contributed by atoms with Gasteiger partial charge in [0.15, 0.2) is 0 Å². The first-order chi connectivity index (χ1) is 8.52. The van der Waals surface area contributed by atoms with Crippen LogP contribution in [-0.2, 0) is 6.54 Å². The summed E-state index contributed by atoms with van der Waals surface area (Å²) in [4.78, 5) is 2.20. The fourth-order valence-electron chi connectivity index (χ4n) is 2.35. The van der Waals surface area contributed by atoms with Crippen LogP contribution in [0.1, 0.15) is 25.3 Å². The molecule has 0 unspecified atom stereocenters. The van der Waals surface area contributed by atoms with E-state index in [1.165, 1.54) is 12.1 Å². The second kappa shape index (κ2) is 5.33. The van der Waals surface area contributed by atoms with Gasteiger partial charge in [-0.15, -0.1) is 0 Å². The third-order valence-electron chi connectivity index (χ3n) is 3.97. The third-order valence-corrected chi connectivity index (χ3v) is 3.97. The number of nitrogens with zero attached hydrogens (tertiary/aromatic N) is 1. The Hall–Kier alpha value is -1.00. The number of nitrogens with two attached hydrogens (primary N) is 1. The van der Waals surface area contributed by atoms with Crippen LogP contribution in [0.4, 0.5) is 8.78 Å². The van der Waals surface area contributed by atoms with E-state index in [1.807, 2.05) is 0 Å². The summed E-state index contributed by atoms with van der Waals surface area (Å²) in [6.07, 6.45) is 2.07. The van der Waals surface area contributed by atoms with Gasteiger partial charge in [0.25, 0.3) is 0 Å². The smallest absolute Gasteiger partial charge is 0.130 e. The zero-order valence-corrected chi connectivity index (χ0v) is 10.8. The molecule has 0 aromatic heterocycles. The molecule has 18 heavy (non-hydrogen) atoms. The highest BCUT2D eigenvalue weighted by atomic mass is 19.1. The number of rotatable bonds is 3. The Morgan fingerprint density at radius 1 is 1.28 bits per heavy atom. The molecule has 1 heterocycles. The molecule has 0 atom stereocenters. The quantitative estimate of drug-likeness (QED) is 0.898. The van der Waals surface area contributed by atoms with E-state index in [0.29, 0.717) is 18.7 Å². The van der Waals surface area contributed by atoms with E-state index in [4.69, 9.17) is 5.73 Å². The molecule has 1 aromatic rings. The zero-order chi connectivity index (χ0) is 13.2. The average Bonchev–Trinajstić information content (AvgIpc) is 2.36. The molecule has 0 amide bonds. The molecule has 0 radical (unpaired) electrons. The molecule has 0 bridgehead atoms. The van der Waals surface area contributed by atoms with Crippen LogP contribution in [0.2, 0.25) is 0 Å². The van der Waals surface area contributed by atoms with E-state index in [0.717, 1.165) is 32.0 Å². The predicted molar refractivity (Wildman–Crippen MR) is 68.0 cm³/mol. The van der Waals surface area contributed by atoms with Crippen molar-refractivity contribution in [2.75, 3.05) is 19.6 Å². The highest BCUT2D eigenvalue weighted by Crippen LogP contribution is 2.30. The minimum atomic E-state index is -0.523. The lowest BCUT2D eigenvalue weighted by molar-refractivity contribution is 0.118. The maximum absolute atomic E-state index is 13.5. The summed E-state index contributed by atoms with van der Waals surface area (Å²) in [6, 6.07) is 3.79. The molecular weight excluding hydrogens is 234 g/mol. The van der Waals surface area contributed by atoms with Crippen LogP contribution in [0.3, 0.4) is 0 Å². The standard InChI is InChI=1S/C14H20F2N2/c1-14(10-17)4-6-18(7-5-14)9-11-2-3-12(15)8-13(11)16/h2-3,8H,4-7,9-10,17H2,1H3. The van der Waals surface area contributed by atoms with Gasteiger partial charge in [-0.1, -0.05) is 13.0 Å². The van der Waals surface area contributed by atoms with Gasteiger partial charge in [0, 0.05) is 18.2 Å². The largest absolute Gasteiger partial charge is 0.330 e. The summed E-state index contributed by atoms with van der Waals surface area (Å²) < 4.78 is 26.3. The molecule has 0 aliphatic carbocycles. The number of hydrogen-bond acceptors (Lipinski definition) is 2. The van der Waals surface area contributed by atoms with Crippen molar-refractivity contribution >= 4 is 0 Å². The van der Waals surface area contributed by atoms with Gasteiger partial charge in [-0.2, -0.15) is 0 Å². The molecule has 4 heteroatoms. The Kier molecular flexibility index (Phi) is 3.97. The fourth-order valence-corrected chi connectivity index (χ4v) is 2.35. The number of likely N-dealkylation sites (tertiary alicyclic amines) is 1. The second-order valence-electron chi connectivity index (χ2n) is 5.53. The summed E-state index contributed by atoms with van der Waals surface area (Å²) in [5.74, 6) is -0.979. The minimum Gasteiger partial charge on any atom is -0.330 e. The summed E-state index contributed by atoms with van der Waals surface area (Å²) in [6.45, 7) is 5.29. The Morgan fingerprint density at radius 3 is 2.50 bits per heavy atom. The second-order valence-corrected chi connectivity index (χ2v) is 5.53. The maximum Gasteiger partial charge on any atom is 0.130 e. The van der Waals surface area contributed by atoms with Crippen molar-refractivity contribution in [1.82, 2.24) is 4.90 Å². The number of halogens is 2. The maximum atomic E-state index is 13.5. The average molecular weight is 254 g/mol. The van der Waals surface area contributed by atoms with Gasteiger partial charge >= 0.3 is 0 Å². The molecule has 1 saturated heterocycles. The van der Waals surface area contributed by atoms with Crippen molar-refractivity contribution in [2.45, 2.75) is 26.3 Å². The lowest BCUT2D eigenvalue weighted by Crippen LogP contribution is -2.41. The van der Waals surface area contributed by atoms with E-state index >= 15 is 0 Å². The molecular formula is C14H20F2N2. The van der Waals surface area contributed by atoms with Crippen LogP contribution in [0.5, 0.6) is 0 Å². The highest BCUT2D eigenvalue weighted by molar-refractivity contribution is 5.18. The molecule has 2 N–H and O–H groups in total. The normalized spacial score (nSPS) is 20.0. The fraction of sp³-hybridized carbons (Fsp3) is 0.571. The Morgan fingerprint density at radius 2 is 1.94 bits per heavy atom. The summed E-state index contributed by atoms with van der Waals surface area (Å²) in [5, 5.41) is 0. The molecule has 1 aliphatic rings. The lowest BCUT2D eigenvalue weighted by atomic mass is 9.80. The molecule has 2 rings (SSSR count). The van der Waals surface area contributed by atoms with Gasteiger partial charge in [-0.25, -0.2) is 8.78 Å². The van der Waals surface area contributed by atoms with E-state index in [-0.39, 0.29) is 5.41 Å². The van der Waals surface area contributed by atoms with Gasteiger partial charge in [0.2, 0.25) is 0 Å². The van der Waals surface area contributed by atoms with Gasteiger partial charge < -0.3 is 5.73 Å². The van der Waals surface area contributed by atoms with Crippen LogP contribution in [0.15, 0.2) is 18.2 Å². The summed E-state index contributed by atoms with van der Waals surface area (Å²) >= 11 is 0. The first kappa shape index (κ1) is 13.4. The van der Waals surface area contributed by atoms with Crippen LogP contribution in [0, 0.1) is 17.0 Å². The molecule has 1 aromatic carbocycles. The first-order valence-corrected chi connectivity index (χ1v) is 6.39. The van der Waals surface area contributed by atoms with Gasteiger partial charge in [0.1, 0.15) is 11.6 Å². The highest BCUT2D eigenvalue weighted by Gasteiger charge is 2.28. The predicted octanol–water partition coefficient (Wildman–Crippen LogP) is 2.53. The van der Waals surface area contributed by atoms with E-state index < -0.39 is 11.6 Å². The van der Waals surface area contributed by atoms with Crippen LogP contribution >= 0.6 is 0 Å². The molecule has 1 fully saturated rings. The molecule has 0 spiro atoms. The summed E-state index contributed by atoms with van der Waals surface area (Å²) in [7, 11) is 0. The number of benzene rings is 1. The molecule has 2 nitrogen and oxygen atoms in total. The van der Waals surface area contributed by atoms with E-state index in [1.54, 1.807) is 0 Å². The van der Waals surface area contributed by atoms with Crippen molar-refractivity contribution in [2.24, 2.45) is 11.1 Å². The molecule has 0 saturated carbocycles. The summed E-state index contributed by atoms with van der Waals surface area (Å²) in [5.41, 5.74) is 6.54. The number of piperidine rings is 1. The van der Waals surface area contributed by atoms with Crippen molar-refractivity contribution in [3.05, 3.63) is 35.4 Å². The minimum absolute atomic E-state index is 0.220. The van der Waals surface area contributed by atoms with Crippen molar-refractivity contribution in [3.63, 3.8) is 0 Å². The zero-order valence-electron chi connectivity index (χ0n) is 10.8. The van der Waals surface area contributed by atoms with Gasteiger partial charge in [-0.05, 0) is 44.0 Å². The van der Waals surface area contributed by atoms with Crippen LogP contribution in [0.25, 0.3) is 0 Å². The van der Waals surface area contributed by atoms with Crippen LogP contribution < -0.4 is 5.73 Å². The van der Waals surface area contributed by atoms with Crippen molar-refractivity contribution < 1.29 is 8.78 Å². The Labute approximate surface area is 107 Å². The Bertz CT molecular complexity index is 412. The van der Waals surface area contributed by atoms with E-state index in [2.05, 4.69) is 11.8 Å². The molecule has 100 valence electrons. The topological polar surface area (TPSA) is 29.3 Å². The van der Waals surface area contributed by atoms with E-state index in [9.17, 15) is 8.78 Å². The van der Waals surface area contributed by atoms with Crippen molar-refractivity contribution in [1.29, 1.82) is 0 Å². The van der Waals surface area contributed by atoms with Gasteiger partial charge in [0.05, 0.1) is 0 Å². The number of hydrogen-bond donors (Lipinski definition) is 1. The third kappa shape index (κ3) is 3.06. The van der Waals surface area contributed by atoms with Crippen LogP contribution in [-0.4, -0.2) is 24.5 Å². The first-order valence-electron chi connectivity index (χ1n) is 6.39. The molecule has 1 aliphatic heterocycles. The monoisotopic (exact) mass is 254 g/mol. The lowest BCUT2D eigenvalue weighted by Gasteiger charge is -2.38. The SMILES string of the molecule is CC1(CN)CCN(Cc2ccc(F)cc2F)CC1. The van der Waals surface area contributed by atoms with Crippen molar-refractivity contribution in [3.8, 4) is 0 Å².